The van der Waals surface area contributed by atoms with Gasteiger partial charge in [0.15, 0.2) is 0 Å². The normalized spacial score (nSPS) is 30.7. The molecule has 0 aromatic heterocycles. The standard InChI is InChI=1S/C22H24N2O2/c1-13-9-14(7-8-16(13)15-5-3-2-4-6-15)12-23-22(25)24-19-11-20-17-10-18(17)21(19)26-20/h2-9,17-21H,10-12H2,1H3,(H2,23,24,25)/t17-,18+,19-,20+,21+/m1/s1. The molecule has 2 aromatic rings. The van der Waals surface area contributed by atoms with Crippen LogP contribution in [-0.2, 0) is 11.3 Å². The number of urea groups is 1. The van der Waals surface area contributed by atoms with E-state index < -0.39 is 0 Å². The van der Waals surface area contributed by atoms with Crippen molar-refractivity contribution in [3.05, 3.63) is 59.7 Å². The minimum atomic E-state index is -0.0897. The highest BCUT2D eigenvalue weighted by atomic mass is 16.5. The maximum atomic E-state index is 12.3. The third-order valence-electron chi connectivity index (χ3n) is 6.15. The molecular formula is C22H24N2O2. The first-order valence-corrected chi connectivity index (χ1v) is 9.54. The van der Waals surface area contributed by atoms with E-state index in [1.165, 1.54) is 23.1 Å². The molecular weight excluding hydrogens is 324 g/mol. The second-order valence-electron chi connectivity index (χ2n) is 7.89. The van der Waals surface area contributed by atoms with Crippen LogP contribution in [0.1, 0.15) is 24.0 Å². The number of amides is 2. The molecule has 2 aliphatic heterocycles. The van der Waals surface area contributed by atoms with Gasteiger partial charge in [0.1, 0.15) is 0 Å². The summed E-state index contributed by atoms with van der Waals surface area (Å²) in [5.74, 6) is 1.49. The van der Waals surface area contributed by atoms with Crippen LogP contribution in [0.2, 0.25) is 0 Å². The molecule has 4 heteroatoms. The molecule has 2 aromatic carbocycles. The molecule has 4 nitrogen and oxygen atoms in total. The summed E-state index contributed by atoms with van der Waals surface area (Å²) >= 11 is 0. The van der Waals surface area contributed by atoms with Crippen LogP contribution in [-0.4, -0.2) is 24.3 Å². The zero-order valence-corrected chi connectivity index (χ0v) is 14.9. The van der Waals surface area contributed by atoms with Gasteiger partial charge in [-0.15, -0.1) is 0 Å². The Morgan fingerprint density at radius 2 is 1.96 bits per heavy atom. The topological polar surface area (TPSA) is 50.4 Å². The van der Waals surface area contributed by atoms with Gasteiger partial charge in [-0.05, 0) is 53.9 Å². The molecule has 0 unspecified atom stereocenters. The summed E-state index contributed by atoms with van der Waals surface area (Å²) < 4.78 is 5.94. The molecule has 5 rings (SSSR count). The lowest BCUT2D eigenvalue weighted by molar-refractivity contribution is 0.0666. The zero-order chi connectivity index (χ0) is 17.7. The van der Waals surface area contributed by atoms with Gasteiger partial charge < -0.3 is 15.4 Å². The summed E-state index contributed by atoms with van der Waals surface area (Å²) in [4.78, 5) is 12.3. The van der Waals surface area contributed by atoms with Gasteiger partial charge in [-0.3, -0.25) is 0 Å². The number of hydrogen-bond donors (Lipinski definition) is 2. The van der Waals surface area contributed by atoms with Crippen LogP contribution in [0, 0.1) is 18.8 Å². The quantitative estimate of drug-likeness (QED) is 0.886. The summed E-state index contributed by atoms with van der Waals surface area (Å²) in [5, 5.41) is 6.11. The minimum absolute atomic E-state index is 0.0897. The number of benzene rings is 2. The molecule has 0 radical (unpaired) electrons. The molecule has 134 valence electrons. The lowest BCUT2D eigenvalue weighted by atomic mass is 9.96. The molecule has 2 bridgehead atoms. The predicted molar refractivity (Wildman–Crippen MR) is 101 cm³/mol. The third-order valence-corrected chi connectivity index (χ3v) is 6.15. The average Bonchev–Trinajstić information content (AvgIpc) is 3.27. The predicted octanol–water partition coefficient (Wildman–Crippen LogP) is 3.64. The van der Waals surface area contributed by atoms with Crippen LogP contribution in [0.3, 0.4) is 0 Å². The highest BCUT2D eigenvalue weighted by Crippen LogP contribution is 2.58. The Bertz CT molecular complexity index is 835. The summed E-state index contributed by atoms with van der Waals surface area (Å²) in [6, 6.07) is 16.8. The molecule has 26 heavy (non-hydrogen) atoms. The minimum Gasteiger partial charge on any atom is -0.372 e. The highest BCUT2D eigenvalue weighted by Gasteiger charge is 2.62. The maximum Gasteiger partial charge on any atom is 0.315 e. The van der Waals surface area contributed by atoms with Crippen LogP contribution in [0.25, 0.3) is 11.1 Å². The van der Waals surface area contributed by atoms with Crippen LogP contribution >= 0.6 is 0 Å². The van der Waals surface area contributed by atoms with Crippen LogP contribution in [0.5, 0.6) is 0 Å². The SMILES string of the molecule is Cc1cc(CNC(=O)N[C@@H]2C[C@@H]3O[C@H]2[C@H]2C[C@H]23)ccc1-c1ccccc1. The van der Waals surface area contributed by atoms with Crippen molar-refractivity contribution < 1.29 is 9.53 Å². The second kappa shape index (κ2) is 6.13. The van der Waals surface area contributed by atoms with Crippen molar-refractivity contribution in [3.63, 3.8) is 0 Å². The van der Waals surface area contributed by atoms with Crippen LogP contribution in [0.15, 0.2) is 48.5 Å². The molecule has 2 heterocycles. The first-order valence-electron chi connectivity index (χ1n) is 9.54. The van der Waals surface area contributed by atoms with E-state index in [2.05, 4.69) is 60.0 Å². The van der Waals surface area contributed by atoms with Gasteiger partial charge in [-0.25, -0.2) is 4.79 Å². The van der Waals surface area contributed by atoms with Crippen molar-refractivity contribution in [1.82, 2.24) is 10.6 Å². The number of nitrogens with one attached hydrogen (secondary N) is 2. The summed E-state index contributed by atoms with van der Waals surface area (Å²) in [7, 11) is 0. The van der Waals surface area contributed by atoms with E-state index >= 15 is 0 Å². The Balaban J connectivity index is 1.18. The number of rotatable bonds is 4. The van der Waals surface area contributed by atoms with Crippen molar-refractivity contribution in [3.8, 4) is 11.1 Å². The van der Waals surface area contributed by atoms with E-state index in [1.807, 2.05) is 6.07 Å². The lowest BCUT2D eigenvalue weighted by Gasteiger charge is -2.20. The molecule has 2 saturated heterocycles. The smallest absolute Gasteiger partial charge is 0.315 e. The Hall–Kier alpha value is -2.33. The molecule has 3 aliphatic rings. The number of fused-ring (bicyclic) bond motifs is 5. The first kappa shape index (κ1) is 15.9. The fourth-order valence-corrected chi connectivity index (χ4v) is 4.77. The van der Waals surface area contributed by atoms with Crippen LogP contribution in [0.4, 0.5) is 4.79 Å². The first-order chi connectivity index (χ1) is 12.7. The van der Waals surface area contributed by atoms with E-state index in [4.69, 9.17) is 4.74 Å². The number of ether oxygens (including phenoxy) is 1. The van der Waals surface area contributed by atoms with E-state index in [9.17, 15) is 4.79 Å². The number of carbonyl (C=O) groups is 1. The van der Waals surface area contributed by atoms with Gasteiger partial charge in [0.25, 0.3) is 0 Å². The van der Waals surface area contributed by atoms with Gasteiger partial charge in [-0.2, -0.15) is 0 Å². The van der Waals surface area contributed by atoms with Gasteiger partial charge in [-0.1, -0.05) is 48.5 Å². The third kappa shape index (κ3) is 2.78. The largest absolute Gasteiger partial charge is 0.372 e. The Labute approximate surface area is 153 Å². The van der Waals surface area contributed by atoms with Gasteiger partial charge in [0.2, 0.25) is 0 Å². The van der Waals surface area contributed by atoms with Crippen LogP contribution < -0.4 is 10.6 Å². The van der Waals surface area contributed by atoms with E-state index in [-0.39, 0.29) is 18.2 Å². The summed E-state index contributed by atoms with van der Waals surface area (Å²) in [5.41, 5.74) is 4.79. The molecule has 2 amide bonds. The summed E-state index contributed by atoms with van der Waals surface area (Å²) in [6.07, 6.45) is 2.92. The number of aryl methyl sites for hydroxylation is 1. The molecule has 5 atom stereocenters. The maximum absolute atomic E-state index is 12.3. The van der Waals surface area contributed by atoms with Crippen molar-refractivity contribution >= 4 is 6.03 Å². The number of hydrogen-bond acceptors (Lipinski definition) is 2. The summed E-state index contributed by atoms with van der Waals surface area (Å²) in [6.45, 7) is 2.65. The van der Waals surface area contributed by atoms with E-state index in [0.29, 0.717) is 18.6 Å². The van der Waals surface area contributed by atoms with Crippen molar-refractivity contribution in [1.29, 1.82) is 0 Å². The lowest BCUT2D eigenvalue weighted by Crippen LogP contribution is -2.46. The number of carbonyl (C=O) groups excluding carboxylic acids is 1. The average molecular weight is 348 g/mol. The monoisotopic (exact) mass is 348 g/mol. The Kier molecular flexibility index (Phi) is 3.75. The van der Waals surface area contributed by atoms with Crippen molar-refractivity contribution in [2.75, 3.05) is 0 Å². The molecule has 1 aliphatic carbocycles. The zero-order valence-electron chi connectivity index (χ0n) is 14.9. The molecule has 0 spiro atoms. The van der Waals surface area contributed by atoms with Crippen molar-refractivity contribution in [2.45, 2.75) is 44.6 Å². The van der Waals surface area contributed by atoms with Gasteiger partial charge in [0, 0.05) is 6.54 Å². The fraction of sp³-hybridized carbons (Fsp3) is 0.409. The Morgan fingerprint density at radius 1 is 1.12 bits per heavy atom. The van der Waals surface area contributed by atoms with Gasteiger partial charge in [0.05, 0.1) is 18.2 Å². The molecule has 1 saturated carbocycles. The molecule has 3 fully saturated rings. The second-order valence-corrected chi connectivity index (χ2v) is 7.89. The van der Waals surface area contributed by atoms with E-state index in [0.717, 1.165) is 17.9 Å². The highest BCUT2D eigenvalue weighted by molar-refractivity contribution is 5.74. The van der Waals surface area contributed by atoms with Crippen molar-refractivity contribution in [2.24, 2.45) is 11.8 Å². The Morgan fingerprint density at radius 3 is 2.69 bits per heavy atom. The van der Waals surface area contributed by atoms with E-state index in [1.54, 1.807) is 0 Å². The molecule has 2 N–H and O–H groups in total. The fourth-order valence-electron chi connectivity index (χ4n) is 4.77. The van der Waals surface area contributed by atoms with Gasteiger partial charge >= 0.3 is 6.03 Å².